The predicted molar refractivity (Wildman–Crippen MR) is 85.0 cm³/mol. The van der Waals surface area contributed by atoms with Crippen LogP contribution in [0.2, 0.25) is 10.0 Å². The first-order valence-electron chi connectivity index (χ1n) is 6.14. The van der Waals surface area contributed by atoms with Crippen molar-refractivity contribution in [1.82, 2.24) is 14.5 Å². The molecular formula is C13H17Cl2N3S. The number of nitrogens with zero attached hydrogens (tertiary/aromatic N) is 2. The summed E-state index contributed by atoms with van der Waals surface area (Å²) in [7, 11) is 4.13. The maximum atomic E-state index is 6.10. The summed E-state index contributed by atoms with van der Waals surface area (Å²) in [6, 6.07) is 4.00. The molecule has 0 fully saturated rings. The highest BCUT2D eigenvalue weighted by molar-refractivity contribution is 7.71. The normalized spacial score (nSPS) is 13.4. The van der Waals surface area contributed by atoms with Gasteiger partial charge in [-0.25, -0.2) is 0 Å². The van der Waals surface area contributed by atoms with Crippen LogP contribution in [0.1, 0.15) is 19.4 Å². The quantitative estimate of drug-likeness (QED) is 0.838. The van der Waals surface area contributed by atoms with E-state index in [4.69, 9.17) is 35.4 Å². The SMILES string of the molecule is CC(CCN(C)C)n1c(=S)[nH]c2cc(Cl)c(Cl)cc21. The summed E-state index contributed by atoms with van der Waals surface area (Å²) in [6.07, 6.45) is 1.02. The van der Waals surface area contributed by atoms with Crippen molar-refractivity contribution in [3.8, 4) is 0 Å². The van der Waals surface area contributed by atoms with Gasteiger partial charge in [0.25, 0.3) is 0 Å². The van der Waals surface area contributed by atoms with Gasteiger partial charge in [-0.3, -0.25) is 0 Å². The molecule has 0 radical (unpaired) electrons. The molecule has 0 aliphatic rings. The Kier molecular flexibility index (Phi) is 4.56. The predicted octanol–water partition coefficient (Wildman–Crippen LogP) is 4.52. The van der Waals surface area contributed by atoms with E-state index in [0.717, 1.165) is 24.0 Å². The molecule has 1 aromatic heterocycles. The van der Waals surface area contributed by atoms with Crippen LogP contribution < -0.4 is 0 Å². The van der Waals surface area contributed by atoms with Crippen LogP contribution in [0.4, 0.5) is 0 Å². The fourth-order valence-electron chi connectivity index (χ4n) is 2.13. The van der Waals surface area contributed by atoms with Crippen LogP contribution in [0.25, 0.3) is 11.0 Å². The van der Waals surface area contributed by atoms with Crippen molar-refractivity contribution < 1.29 is 0 Å². The fraction of sp³-hybridized carbons (Fsp3) is 0.462. The number of rotatable bonds is 4. The minimum absolute atomic E-state index is 0.306. The first-order chi connectivity index (χ1) is 8.90. The fourth-order valence-corrected chi connectivity index (χ4v) is 2.84. The second-order valence-electron chi connectivity index (χ2n) is 5.02. The van der Waals surface area contributed by atoms with Gasteiger partial charge in [0, 0.05) is 6.04 Å². The van der Waals surface area contributed by atoms with Gasteiger partial charge < -0.3 is 14.5 Å². The molecule has 0 saturated carbocycles. The van der Waals surface area contributed by atoms with Crippen molar-refractivity contribution in [1.29, 1.82) is 0 Å². The number of hydrogen-bond donors (Lipinski definition) is 1. The molecule has 0 aliphatic heterocycles. The number of imidazole rings is 1. The Hall–Kier alpha value is -0.550. The lowest BCUT2D eigenvalue weighted by atomic mass is 10.2. The summed E-state index contributed by atoms with van der Waals surface area (Å²) in [5.74, 6) is 0. The Morgan fingerprint density at radius 2 is 1.95 bits per heavy atom. The van der Waals surface area contributed by atoms with Crippen LogP contribution in [-0.2, 0) is 0 Å². The molecule has 0 amide bonds. The summed E-state index contributed by atoms with van der Waals surface area (Å²) in [4.78, 5) is 5.35. The van der Waals surface area contributed by atoms with Gasteiger partial charge in [-0.15, -0.1) is 0 Å². The molecule has 2 aromatic rings. The highest BCUT2D eigenvalue weighted by atomic mass is 35.5. The Morgan fingerprint density at radius 1 is 1.32 bits per heavy atom. The van der Waals surface area contributed by atoms with E-state index in [0.29, 0.717) is 20.9 Å². The zero-order valence-corrected chi connectivity index (χ0v) is 13.5. The molecule has 1 unspecified atom stereocenters. The minimum atomic E-state index is 0.306. The van der Waals surface area contributed by atoms with Gasteiger partial charge in [0.2, 0.25) is 0 Å². The van der Waals surface area contributed by atoms with Crippen molar-refractivity contribution in [2.75, 3.05) is 20.6 Å². The summed E-state index contributed by atoms with van der Waals surface area (Å²) in [6.45, 7) is 3.17. The number of fused-ring (bicyclic) bond motifs is 1. The summed E-state index contributed by atoms with van der Waals surface area (Å²) >= 11 is 17.5. The van der Waals surface area contributed by atoms with Crippen molar-refractivity contribution >= 4 is 46.5 Å². The van der Waals surface area contributed by atoms with E-state index in [-0.39, 0.29) is 0 Å². The Balaban J connectivity index is 2.45. The van der Waals surface area contributed by atoms with Crippen molar-refractivity contribution in [2.24, 2.45) is 0 Å². The summed E-state index contributed by atoms with van der Waals surface area (Å²) in [5, 5.41) is 1.09. The van der Waals surface area contributed by atoms with E-state index in [1.165, 1.54) is 0 Å². The van der Waals surface area contributed by atoms with Crippen molar-refractivity contribution in [3.05, 3.63) is 26.9 Å². The largest absolute Gasteiger partial charge is 0.331 e. The van der Waals surface area contributed by atoms with Gasteiger partial charge in [0.15, 0.2) is 4.77 Å². The van der Waals surface area contributed by atoms with Crippen molar-refractivity contribution in [2.45, 2.75) is 19.4 Å². The Labute approximate surface area is 128 Å². The average Bonchev–Trinajstić information content (AvgIpc) is 2.62. The number of halogens is 2. The number of H-pyrrole nitrogens is 1. The Morgan fingerprint density at radius 3 is 2.58 bits per heavy atom. The zero-order chi connectivity index (χ0) is 14.2. The third-order valence-electron chi connectivity index (χ3n) is 3.19. The lowest BCUT2D eigenvalue weighted by Crippen LogP contribution is -2.17. The summed E-state index contributed by atoms with van der Waals surface area (Å²) < 4.78 is 2.82. The van der Waals surface area contributed by atoms with Crippen LogP contribution in [0.3, 0.4) is 0 Å². The molecule has 3 nitrogen and oxygen atoms in total. The van der Waals surface area contributed by atoms with E-state index >= 15 is 0 Å². The second kappa shape index (κ2) is 5.83. The molecule has 6 heteroatoms. The van der Waals surface area contributed by atoms with Gasteiger partial charge in [-0.1, -0.05) is 23.2 Å². The van der Waals surface area contributed by atoms with Crippen LogP contribution in [0.15, 0.2) is 12.1 Å². The number of benzene rings is 1. The van der Waals surface area contributed by atoms with E-state index in [2.05, 4.69) is 35.5 Å². The molecule has 1 heterocycles. The van der Waals surface area contributed by atoms with Gasteiger partial charge >= 0.3 is 0 Å². The maximum Gasteiger partial charge on any atom is 0.178 e. The number of hydrogen-bond acceptors (Lipinski definition) is 2. The Bertz CT molecular complexity index is 645. The maximum absolute atomic E-state index is 6.10. The second-order valence-corrected chi connectivity index (χ2v) is 6.23. The molecular weight excluding hydrogens is 301 g/mol. The monoisotopic (exact) mass is 317 g/mol. The first kappa shape index (κ1) is 14.9. The number of aromatic nitrogens is 2. The topological polar surface area (TPSA) is 24.0 Å². The smallest absolute Gasteiger partial charge is 0.178 e. The number of aromatic amines is 1. The van der Waals surface area contributed by atoms with Crippen LogP contribution >= 0.6 is 35.4 Å². The molecule has 0 spiro atoms. The van der Waals surface area contributed by atoms with E-state index in [1.54, 1.807) is 0 Å². The molecule has 1 aromatic carbocycles. The molecule has 0 aliphatic carbocycles. The molecule has 1 atom stereocenters. The first-order valence-corrected chi connectivity index (χ1v) is 7.30. The highest BCUT2D eigenvalue weighted by Crippen LogP contribution is 2.29. The van der Waals surface area contributed by atoms with Gasteiger partial charge in [-0.05, 0) is 58.3 Å². The lowest BCUT2D eigenvalue weighted by Gasteiger charge is -2.17. The van der Waals surface area contributed by atoms with E-state index < -0.39 is 0 Å². The van der Waals surface area contributed by atoms with Crippen molar-refractivity contribution in [3.63, 3.8) is 0 Å². The standard InChI is InChI=1S/C13H17Cl2N3S/c1-8(4-5-17(2)3)18-12-7-10(15)9(14)6-11(12)16-13(18)19/h6-8H,4-5H2,1-3H3,(H,16,19). The van der Waals surface area contributed by atoms with Crippen LogP contribution in [0.5, 0.6) is 0 Å². The third-order valence-corrected chi connectivity index (χ3v) is 4.21. The summed E-state index contributed by atoms with van der Waals surface area (Å²) in [5.41, 5.74) is 1.93. The minimum Gasteiger partial charge on any atom is -0.331 e. The van der Waals surface area contributed by atoms with E-state index in [9.17, 15) is 0 Å². The molecule has 0 saturated heterocycles. The van der Waals surface area contributed by atoms with Crippen LogP contribution in [-0.4, -0.2) is 35.1 Å². The lowest BCUT2D eigenvalue weighted by molar-refractivity contribution is 0.359. The van der Waals surface area contributed by atoms with Gasteiger partial charge in [0.1, 0.15) is 0 Å². The molecule has 2 rings (SSSR count). The molecule has 1 N–H and O–H groups in total. The zero-order valence-electron chi connectivity index (χ0n) is 11.2. The number of nitrogens with one attached hydrogen (secondary N) is 1. The molecule has 104 valence electrons. The average molecular weight is 318 g/mol. The highest BCUT2D eigenvalue weighted by Gasteiger charge is 2.13. The van der Waals surface area contributed by atoms with E-state index in [1.807, 2.05) is 12.1 Å². The van der Waals surface area contributed by atoms with Crippen LogP contribution in [0, 0.1) is 4.77 Å². The van der Waals surface area contributed by atoms with Gasteiger partial charge in [-0.2, -0.15) is 0 Å². The third kappa shape index (κ3) is 3.14. The molecule has 19 heavy (non-hydrogen) atoms. The van der Waals surface area contributed by atoms with Gasteiger partial charge in [0.05, 0.1) is 21.1 Å². The molecule has 0 bridgehead atoms.